The molecule has 0 atom stereocenters. The molecule has 2 rings (SSSR count). The largest absolute Gasteiger partial charge is 0.440 e. The second kappa shape index (κ2) is 3.66. The van der Waals surface area contributed by atoms with Gasteiger partial charge in [-0.3, -0.25) is 4.68 Å². The van der Waals surface area contributed by atoms with Gasteiger partial charge in [0, 0.05) is 13.0 Å². The summed E-state index contributed by atoms with van der Waals surface area (Å²) in [7, 11) is 1.83. The molecule has 0 aliphatic carbocycles. The lowest BCUT2D eigenvalue weighted by atomic mass is 10.2. The highest BCUT2D eigenvalue weighted by molar-refractivity contribution is 5.68. The van der Waals surface area contributed by atoms with Crippen LogP contribution in [0.25, 0.3) is 11.6 Å². The molecule has 5 nitrogen and oxygen atoms in total. The molecule has 0 bridgehead atoms. The van der Waals surface area contributed by atoms with Crippen LogP contribution in [-0.4, -0.2) is 14.8 Å². The molecule has 2 heterocycles. The van der Waals surface area contributed by atoms with E-state index < -0.39 is 0 Å². The third-order valence-electron chi connectivity index (χ3n) is 2.56. The molecule has 0 radical (unpaired) electrons. The lowest BCUT2D eigenvalue weighted by Crippen LogP contribution is -1.95. The monoisotopic (exact) mass is 220 g/mol. The van der Waals surface area contributed by atoms with Gasteiger partial charge in [0.2, 0.25) is 5.89 Å². The average molecular weight is 220 g/mol. The zero-order chi connectivity index (χ0) is 11.9. The zero-order valence-corrected chi connectivity index (χ0v) is 9.98. The molecule has 16 heavy (non-hydrogen) atoms. The van der Waals surface area contributed by atoms with Gasteiger partial charge < -0.3 is 10.2 Å². The van der Waals surface area contributed by atoms with E-state index >= 15 is 0 Å². The summed E-state index contributed by atoms with van der Waals surface area (Å²) in [6.07, 6.45) is 1.74. The molecular weight excluding hydrogens is 204 g/mol. The molecule has 0 fully saturated rings. The number of hydrogen-bond donors (Lipinski definition) is 1. The van der Waals surface area contributed by atoms with Crippen LogP contribution in [-0.2, 0) is 7.05 Å². The maximum atomic E-state index is 5.94. The van der Waals surface area contributed by atoms with Crippen LogP contribution in [0, 0.1) is 6.92 Å². The molecule has 0 saturated carbocycles. The minimum Gasteiger partial charge on any atom is -0.440 e. The van der Waals surface area contributed by atoms with Crippen molar-refractivity contribution in [3.8, 4) is 11.6 Å². The summed E-state index contributed by atoms with van der Waals surface area (Å²) < 4.78 is 7.35. The van der Waals surface area contributed by atoms with Gasteiger partial charge in [0.1, 0.15) is 11.5 Å². The van der Waals surface area contributed by atoms with Crippen molar-refractivity contribution in [2.75, 3.05) is 5.73 Å². The first-order chi connectivity index (χ1) is 7.50. The number of aromatic nitrogens is 3. The van der Waals surface area contributed by atoms with Crippen LogP contribution in [0.4, 0.5) is 5.69 Å². The lowest BCUT2D eigenvalue weighted by molar-refractivity contribution is 0.490. The van der Waals surface area contributed by atoms with Crippen molar-refractivity contribution in [2.45, 2.75) is 26.7 Å². The van der Waals surface area contributed by atoms with Crippen molar-refractivity contribution >= 4 is 5.69 Å². The van der Waals surface area contributed by atoms with E-state index in [4.69, 9.17) is 10.2 Å². The maximum Gasteiger partial charge on any atom is 0.247 e. The molecule has 0 amide bonds. The quantitative estimate of drug-likeness (QED) is 0.841. The fourth-order valence-electron chi connectivity index (χ4n) is 1.59. The van der Waals surface area contributed by atoms with Crippen LogP contribution in [0.3, 0.4) is 0 Å². The lowest BCUT2D eigenvalue weighted by Gasteiger charge is -1.99. The molecule has 0 aliphatic rings. The van der Waals surface area contributed by atoms with Gasteiger partial charge in [0.15, 0.2) is 0 Å². The van der Waals surface area contributed by atoms with Crippen LogP contribution in [0.15, 0.2) is 10.6 Å². The first-order valence-corrected chi connectivity index (χ1v) is 5.26. The molecule has 2 aromatic heterocycles. The number of aryl methyl sites for hydroxylation is 2. The summed E-state index contributed by atoms with van der Waals surface area (Å²) in [5, 5.41) is 4.23. The molecule has 0 unspecified atom stereocenters. The van der Waals surface area contributed by atoms with E-state index in [1.807, 2.05) is 14.0 Å². The first kappa shape index (κ1) is 10.7. The van der Waals surface area contributed by atoms with Gasteiger partial charge in [0.25, 0.3) is 0 Å². The number of oxazole rings is 1. The number of rotatable bonds is 2. The molecule has 86 valence electrons. The summed E-state index contributed by atoms with van der Waals surface area (Å²) in [6.45, 7) is 5.98. The molecule has 0 aliphatic heterocycles. The Kier molecular flexibility index (Phi) is 2.46. The Morgan fingerprint density at radius 1 is 1.44 bits per heavy atom. The van der Waals surface area contributed by atoms with Crippen LogP contribution in [0.1, 0.15) is 31.2 Å². The van der Waals surface area contributed by atoms with Crippen molar-refractivity contribution in [2.24, 2.45) is 7.05 Å². The van der Waals surface area contributed by atoms with Crippen LogP contribution in [0.5, 0.6) is 0 Å². The fraction of sp³-hybridized carbons (Fsp3) is 0.455. The van der Waals surface area contributed by atoms with Crippen molar-refractivity contribution < 1.29 is 4.42 Å². The van der Waals surface area contributed by atoms with Gasteiger partial charge in [0.05, 0.1) is 17.6 Å². The molecule has 2 N–H and O–H groups in total. The van der Waals surface area contributed by atoms with Crippen molar-refractivity contribution in [3.63, 3.8) is 0 Å². The molecule has 0 saturated heterocycles. The maximum absolute atomic E-state index is 5.94. The summed E-state index contributed by atoms with van der Waals surface area (Å²) in [5.41, 5.74) is 8.10. The standard InChI is InChI=1S/C11H16N4O/c1-6(2)8-5-13-11(16-8)10-9(12)7(3)14-15(10)4/h5-6H,12H2,1-4H3. The zero-order valence-electron chi connectivity index (χ0n) is 9.98. The highest BCUT2D eigenvalue weighted by Crippen LogP contribution is 2.28. The fourth-order valence-corrected chi connectivity index (χ4v) is 1.59. The highest BCUT2D eigenvalue weighted by atomic mass is 16.4. The second-order valence-electron chi connectivity index (χ2n) is 4.19. The average Bonchev–Trinajstić information content (AvgIpc) is 2.74. The van der Waals surface area contributed by atoms with Crippen LogP contribution >= 0.6 is 0 Å². The third kappa shape index (κ3) is 1.58. The van der Waals surface area contributed by atoms with Gasteiger partial charge >= 0.3 is 0 Å². The molecule has 0 spiro atoms. The van der Waals surface area contributed by atoms with E-state index in [2.05, 4.69) is 23.9 Å². The first-order valence-electron chi connectivity index (χ1n) is 5.26. The summed E-state index contributed by atoms with van der Waals surface area (Å²) >= 11 is 0. The molecule has 2 aromatic rings. The van der Waals surface area contributed by atoms with E-state index in [9.17, 15) is 0 Å². The summed E-state index contributed by atoms with van der Waals surface area (Å²) in [5.74, 6) is 1.70. The minimum absolute atomic E-state index is 0.316. The summed E-state index contributed by atoms with van der Waals surface area (Å²) in [4.78, 5) is 4.24. The number of nitrogen functional groups attached to an aromatic ring is 1. The predicted octanol–water partition coefficient (Wildman–Crippen LogP) is 2.09. The van der Waals surface area contributed by atoms with E-state index in [0.717, 1.165) is 17.1 Å². The van der Waals surface area contributed by atoms with E-state index in [1.54, 1.807) is 10.9 Å². The number of nitrogens with two attached hydrogens (primary N) is 1. The molecular formula is C11H16N4O. The Morgan fingerprint density at radius 3 is 2.56 bits per heavy atom. The Balaban J connectivity index is 2.50. The third-order valence-corrected chi connectivity index (χ3v) is 2.56. The molecule has 0 aromatic carbocycles. The number of hydrogen-bond acceptors (Lipinski definition) is 4. The van der Waals surface area contributed by atoms with Crippen molar-refractivity contribution in [1.82, 2.24) is 14.8 Å². The Hall–Kier alpha value is -1.78. The summed E-state index contributed by atoms with van der Waals surface area (Å²) in [6, 6.07) is 0. The van der Waals surface area contributed by atoms with E-state index in [-0.39, 0.29) is 0 Å². The van der Waals surface area contributed by atoms with Gasteiger partial charge in [-0.2, -0.15) is 5.10 Å². The van der Waals surface area contributed by atoms with Crippen molar-refractivity contribution in [1.29, 1.82) is 0 Å². The van der Waals surface area contributed by atoms with Crippen LogP contribution < -0.4 is 5.73 Å². The predicted molar refractivity (Wildman–Crippen MR) is 61.9 cm³/mol. The number of anilines is 1. The Morgan fingerprint density at radius 2 is 2.12 bits per heavy atom. The van der Waals surface area contributed by atoms with Gasteiger partial charge in [-0.25, -0.2) is 4.98 Å². The Labute approximate surface area is 94.3 Å². The SMILES string of the molecule is Cc1nn(C)c(-c2ncc(C(C)C)o2)c1N. The number of nitrogens with zero attached hydrogens (tertiary/aromatic N) is 3. The van der Waals surface area contributed by atoms with Crippen LogP contribution in [0.2, 0.25) is 0 Å². The second-order valence-corrected chi connectivity index (χ2v) is 4.19. The van der Waals surface area contributed by atoms with Crippen molar-refractivity contribution in [3.05, 3.63) is 17.7 Å². The van der Waals surface area contributed by atoms with Gasteiger partial charge in [-0.1, -0.05) is 13.8 Å². The normalized spacial score (nSPS) is 11.3. The minimum atomic E-state index is 0.316. The Bertz CT molecular complexity index is 510. The van der Waals surface area contributed by atoms with E-state index in [0.29, 0.717) is 17.5 Å². The van der Waals surface area contributed by atoms with Gasteiger partial charge in [-0.15, -0.1) is 0 Å². The van der Waals surface area contributed by atoms with Gasteiger partial charge in [-0.05, 0) is 6.92 Å². The topological polar surface area (TPSA) is 69.9 Å². The highest BCUT2D eigenvalue weighted by Gasteiger charge is 2.17. The van der Waals surface area contributed by atoms with E-state index in [1.165, 1.54) is 0 Å². The molecule has 5 heteroatoms. The smallest absolute Gasteiger partial charge is 0.247 e.